The molecule has 0 atom stereocenters. The normalized spacial score (nSPS) is 10.3. The summed E-state index contributed by atoms with van der Waals surface area (Å²) in [7, 11) is 1.38. The summed E-state index contributed by atoms with van der Waals surface area (Å²) in [5.74, 6) is -0.423. The smallest absolute Gasteiger partial charge is 0.167 e. The highest BCUT2D eigenvalue weighted by Crippen LogP contribution is 2.19. The van der Waals surface area contributed by atoms with Gasteiger partial charge in [-0.15, -0.1) is 0 Å². The fourth-order valence-electron chi connectivity index (χ4n) is 1.94. The van der Waals surface area contributed by atoms with Gasteiger partial charge in [-0.1, -0.05) is 29.8 Å². The molecule has 0 saturated heterocycles. The lowest BCUT2D eigenvalue weighted by Gasteiger charge is -2.06. The third kappa shape index (κ3) is 3.19. The first-order valence-electron chi connectivity index (χ1n) is 6.02. The molecule has 0 spiro atoms. The van der Waals surface area contributed by atoms with Gasteiger partial charge in [0.15, 0.2) is 17.3 Å². The van der Waals surface area contributed by atoms with Gasteiger partial charge in [0.05, 0.1) is 7.11 Å². The maximum Gasteiger partial charge on any atom is 0.167 e. The summed E-state index contributed by atoms with van der Waals surface area (Å²) >= 11 is 0. The number of hydrogen-bond donors (Lipinski definition) is 0. The fourth-order valence-corrected chi connectivity index (χ4v) is 1.94. The molecule has 98 valence electrons. The Morgan fingerprint density at radius 2 is 2.00 bits per heavy atom. The standard InChI is InChI=1S/C16H15FO2/c1-11-4-3-5-12(8-11)9-15(18)13-6-7-14(17)16(10-13)19-2/h3-8,10H,9H2,1-2H3. The van der Waals surface area contributed by atoms with Crippen LogP contribution in [0.1, 0.15) is 21.5 Å². The molecule has 0 aromatic heterocycles. The molecular formula is C16H15FO2. The monoisotopic (exact) mass is 258 g/mol. The number of methoxy groups -OCH3 is 1. The van der Waals surface area contributed by atoms with E-state index < -0.39 is 5.82 Å². The Bertz CT molecular complexity index is 605. The van der Waals surface area contributed by atoms with E-state index in [-0.39, 0.29) is 11.5 Å². The van der Waals surface area contributed by atoms with Gasteiger partial charge in [0.2, 0.25) is 0 Å². The summed E-state index contributed by atoms with van der Waals surface area (Å²) in [6.45, 7) is 1.98. The van der Waals surface area contributed by atoms with Crippen molar-refractivity contribution < 1.29 is 13.9 Å². The van der Waals surface area contributed by atoms with Gasteiger partial charge < -0.3 is 4.74 Å². The number of halogens is 1. The number of rotatable bonds is 4. The van der Waals surface area contributed by atoms with Gasteiger partial charge in [0, 0.05) is 12.0 Å². The van der Waals surface area contributed by atoms with Gasteiger partial charge in [0.1, 0.15) is 0 Å². The Morgan fingerprint density at radius 3 is 2.68 bits per heavy atom. The molecule has 0 aliphatic heterocycles. The molecule has 2 aromatic carbocycles. The van der Waals surface area contributed by atoms with E-state index in [0.717, 1.165) is 11.1 Å². The first kappa shape index (κ1) is 13.3. The molecule has 0 fully saturated rings. The average Bonchev–Trinajstić information content (AvgIpc) is 2.39. The number of aryl methyl sites for hydroxylation is 1. The molecular weight excluding hydrogens is 243 g/mol. The number of benzene rings is 2. The summed E-state index contributed by atoms with van der Waals surface area (Å²) in [4.78, 5) is 12.1. The highest BCUT2D eigenvalue weighted by atomic mass is 19.1. The Hall–Kier alpha value is -2.16. The summed E-state index contributed by atoms with van der Waals surface area (Å²) in [5.41, 5.74) is 2.52. The second kappa shape index (κ2) is 5.65. The number of ketones is 1. The summed E-state index contributed by atoms with van der Waals surface area (Å²) in [6.07, 6.45) is 0.302. The van der Waals surface area contributed by atoms with Gasteiger partial charge in [-0.3, -0.25) is 4.79 Å². The second-order valence-corrected chi connectivity index (χ2v) is 4.44. The quantitative estimate of drug-likeness (QED) is 0.784. The van der Waals surface area contributed by atoms with Crippen LogP contribution in [0, 0.1) is 12.7 Å². The SMILES string of the molecule is COc1cc(C(=O)Cc2cccc(C)c2)ccc1F. The molecule has 0 aliphatic carbocycles. The van der Waals surface area contributed by atoms with Gasteiger partial charge in [-0.2, -0.15) is 0 Å². The molecule has 0 bridgehead atoms. The van der Waals surface area contributed by atoms with Crippen LogP contribution in [0.15, 0.2) is 42.5 Å². The van der Waals surface area contributed by atoms with E-state index in [2.05, 4.69) is 0 Å². The van der Waals surface area contributed by atoms with Crippen LogP contribution in [0.5, 0.6) is 5.75 Å². The summed E-state index contributed by atoms with van der Waals surface area (Å²) < 4.78 is 18.2. The van der Waals surface area contributed by atoms with Crippen molar-refractivity contribution in [3.63, 3.8) is 0 Å². The predicted octanol–water partition coefficient (Wildman–Crippen LogP) is 3.57. The predicted molar refractivity (Wildman–Crippen MR) is 72.2 cm³/mol. The van der Waals surface area contributed by atoms with Crippen molar-refractivity contribution in [1.82, 2.24) is 0 Å². The van der Waals surface area contributed by atoms with Gasteiger partial charge in [-0.05, 0) is 30.7 Å². The van der Waals surface area contributed by atoms with Gasteiger partial charge >= 0.3 is 0 Å². The van der Waals surface area contributed by atoms with Crippen LogP contribution in [0.25, 0.3) is 0 Å². The highest BCUT2D eigenvalue weighted by molar-refractivity contribution is 5.97. The molecule has 3 heteroatoms. The number of hydrogen-bond acceptors (Lipinski definition) is 2. The lowest BCUT2D eigenvalue weighted by atomic mass is 10.0. The number of carbonyl (C=O) groups excluding carboxylic acids is 1. The zero-order valence-electron chi connectivity index (χ0n) is 10.9. The topological polar surface area (TPSA) is 26.3 Å². The molecule has 19 heavy (non-hydrogen) atoms. The Kier molecular flexibility index (Phi) is 3.95. The molecule has 0 heterocycles. The largest absolute Gasteiger partial charge is 0.494 e. The van der Waals surface area contributed by atoms with E-state index in [1.165, 1.54) is 25.3 Å². The first-order chi connectivity index (χ1) is 9.10. The lowest BCUT2D eigenvalue weighted by Crippen LogP contribution is -2.04. The Balaban J connectivity index is 2.20. The van der Waals surface area contributed by atoms with E-state index in [1.807, 2.05) is 31.2 Å². The fraction of sp³-hybridized carbons (Fsp3) is 0.188. The van der Waals surface area contributed by atoms with Gasteiger partial charge in [-0.25, -0.2) is 4.39 Å². The molecule has 2 rings (SSSR count). The molecule has 0 radical (unpaired) electrons. The van der Waals surface area contributed by atoms with Crippen LogP contribution >= 0.6 is 0 Å². The van der Waals surface area contributed by atoms with Crippen LogP contribution in [0.2, 0.25) is 0 Å². The van der Waals surface area contributed by atoms with Crippen molar-refractivity contribution >= 4 is 5.78 Å². The minimum atomic E-state index is -0.463. The third-order valence-electron chi connectivity index (χ3n) is 2.92. The van der Waals surface area contributed by atoms with Crippen molar-refractivity contribution in [2.75, 3.05) is 7.11 Å². The maximum atomic E-state index is 13.3. The zero-order chi connectivity index (χ0) is 13.8. The third-order valence-corrected chi connectivity index (χ3v) is 2.92. The molecule has 0 N–H and O–H groups in total. The van der Waals surface area contributed by atoms with Crippen LogP contribution < -0.4 is 4.74 Å². The molecule has 0 amide bonds. The number of ether oxygens (including phenoxy) is 1. The molecule has 0 aliphatic rings. The van der Waals surface area contributed by atoms with Crippen LogP contribution in [-0.2, 0) is 6.42 Å². The average molecular weight is 258 g/mol. The second-order valence-electron chi connectivity index (χ2n) is 4.44. The number of carbonyl (C=O) groups is 1. The van der Waals surface area contributed by atoms with E-state index in [1.54, 1.807) is 0 Å². The lowest BCUT2D eigenvalue weighted by molar-refractivity contribution is 0.0992. The zero-order valence-corrected chi connectivity index (χ0v) is 10.9. The van der Waals surface area contributed by atoms with Crippen molar-refractivity contribution in [3.05, 3.63) is 65.0 Å². The van der Waals surface area contributed by atoms with E-state index in [4.69, 9.17) is 4.74 Å². The summed E-state index contributed by atoms with van der Waals surface area (Å²) in [5, 5.41) is 0. The summed E-state index contributed by atoms with van der Waals surface area (Å²) in [6, 6.07) is 12.0. The van der Waals surface area contributed by atoms with Crippen LogP contribution in [0.4, 0.5) is 4.39 Å². The molecule has 0 unspecified atom stereocenters. The van der Waals surface area contributed by atoms with Crippen molar-refractivity contribution in [3.8, 4) is 5.75 Å². The number of Topliss-reactive ketones (excluding diaryl/α,β-unsaturated/α-hetero) is 1. The van der Waals surface area contributed by atoms with E-state index >= 15 is 0 Å². The van der Waals surface area contributed by atoms with Gasteiger partial charge in [0.25, 0.3) is 0 Å². The Morgan fingerprint density at radius 1 is 1.21 bits per heavy atom. The maximum absolute atomic E-state index is 13.3. The van der Waals surface area contributed by atoms with Crippen LogP contribution in [0.3, 0.4) is 0 Å². The molecule has 0 saturated carbocycles. The molecule has 2 aromatic rings. The van der Waals surface area contributed by atoms with Crippen molar-refractivity contribution in [1.29, 1.82) is 0 Å². The van der Waals surface area contributed by atoms with Crippen molar-refractivity contribution in [2.24, 2.45) is 0 Å². The van der Waals surface area contributed by atoms with Crippen LogP contribution in [-0.4, -0.2) is 12.9 Å². The van der Waals surface area contributed by atoms with E-state index in [9.17, 15) is 9.18 Å². The minimum absolute atomic E-state index is 0.0519. The minimum Gasteiger partial charge on any atom is -0.494 e. The van der Waals surface area contributed by atoms with Crippen molar-refractivity contribution in [2.45, 2.75) is 13.3 Å². The Labute approximate surface area is 111 Å². The van der Waals surface area contributed by atoms with E-state index in [0.29, 0.717) is 12.0 Å². The molecule has 2 nitrogen and oxygen atoms in total. The first-order valence-corrected chi connectivity index (χ1v) is 6.02. The highest BCUT2D eigenvalue weighted by Gasteiger charge is 2.11.